The number of rotatable bonds is 4. The molecule has 6 heteroatoms. The lowest BCUT2D eigenvalue weighted by atomic mass is 10.1. The van der Waals surface area contributed by atoms with Crippen LogP contribution in [0.2, 0.25) is 0 Å². The molecule has 1 atom stereocenters. The van der Waals surface area contributed by atoms with Crippen molar-refractivity contribution in [3.05, 3.63) is 31.5 Å². The van der Waals surface area contributed by atoms with Gasteiger partial charge in [0, 0.05) is 19.3 Å². The average Bonchev–Trinajstić information content (AvgIpc) is 2.81. The zero-order valence-electron chi connectivity index (χ0n) is 9.45. The standard InChI is InChI=1S/C11H15BrN2O3/c12-9-7-13-11(16)14(10(9)15)5-1-3-8-4-2-6-17-8/h7-8H,1-6H2,(H,13,16). The van der Waals surface area contributed by atoms with Gasteiger partial charge in [0.15, 0.2) is 0 Å². The second-order valence-electron chi connectivity index (χ2n) is 4.18. The molecule has 2 heterocycles. The summed E-state index contributed by atoms with van der Waals surface area (Å²) in [4.78, 5) is 25.7. The topological polar surface area (TPSA) is 64.1 Å². The summed E-state index contributed by atoms with van der Waals surface area (Å²) in [5.41, 5.74) is -0.633. The van der Waals surface area contributed by atoms with Gasteiger partial charge in [0.25, 0.3) is 5.56 Å². The van der Waals surface area contributed by atoms with Gasteiger partial charge in [-0.25, -0.2) is 4.79 Å². The first-order valence-electron chi connectivity index (χ1n) is 5.78. The molecule has 0 spiro atoms. The van der Waals surface area contributed by atoms with Crippen LogP contribution in [0.15, 0.2) is 20.3 Å². The number of H-pyrrole nitrogens is 1. The fourth-order valence-corrected chi connectivity index (χ4v) is 2.37. The number of nitrogens with one attached hydrogen (secondary N) is 1. The Hall–Kier alpha value is -0.880. The zero-order valence-corrected chi connectivity index (χ0v) is 11.0. The molecule has 1 aromatic rings. The van der Waals surface area contributed by atoms with Crippen molar-refractivity contribution in [1.82, 2.24) is 9.55 Å². The Balaban J connectivity index is 1.96. The third kappa shape index (κ3) is 3.07. The summed E-state index contributed by atoms with van der Waals surface area (Å²) in [6, 6.07) is 0. The van der Waals surface area contributed by atoms with Gasteiger partial charge >= 0.3 is 5.69 Å². The number of aromatic nitrogens is 2. The first kappa shape index (κ1) is 12.6. The van der Waals surface area contributed by atoms with Gasteiger partial charge in [0.05, 0.1) is 10.6 Å². The van der Waals surface area contributed by atoms with Gasteiger partial charge in [-0.05, 0) is 41.6 Å². The molecule has 1 aromatic heterocycles. The first-order valence-corrected chi connectivity index (χ1v) is 6.57. The summed E-state index contributed by atoms with van der Waals surface area (Å²) < 4.78 is 7.10. The van der Waals surface area contributed by atoms with Crippen molar-refractivity contribution in [2.45, 2.75) is 38.3 Å². The molecule has 1 N–H and O–H groups in total. The van der Waals surface area contributed by atoms with Crippen LogP contribution in [0.3, 0.4) is 0 Å². The van der Waals surface area contributed by atoms with Gasteiger partial charge in [0.2, 0.25) is 0 Å². The molecule has 1 aliphatic heterocycles. The quantitative estimate of drug-likeness (QED) is 0.910. The highest BCUT2D eigenvalue weighted by Gasteiger charge is 2.15. The van der Waals surface area contributed by atoms with Gasteiger partial charge in [-0.15, -0.1) is 0 Å². The second kappa shape index (κ2) is 5.64. The predicted molar refractivity (Wildman–Crippen MR) is 67.2 cm³/mol. The van der Waals surface area contributed by atoms with E-state index in [-0.39, 0.29) is 11.2 Å². The first-order chi connectivity index (χ1) is 8.18. The van der Waals surface area contributed by atoms with Crippen LogP contribution in [0.5, 0.6) is 0 Å². The van der Waals surface area contributed by atoms with Gasteiger partial charge < -0.3 is 9.72 Å². The Morgan fingerprint density at radius 3 is 3.06 bits per heavy atom. The molecule has 0 amide bonds. The lowest BCUT2D eigenvalue weighted by Crippen LogP contribution is -2.35. The molecule has 1 fully saturated rings. The monoisotopic (exact) mass is 302 g/mol. The molecular formula is C11H15BrN2O3. The van der Waals surface area contributed by atoms with E-state index in [0.29, 0.717) is 17.1 Å². The smallest absolute Gasteiger partial charge is 0.328 e. The van der Waals surface area contributed by atoms with Gasteiger partial charge in [0.1, 0.15) is 0 Å². The second-order valence-corrected chi connectivity index (χ2v) is 5.03. The van der Waals surface area contributed by atoms with Crippen molar-refractivity contribution in [2.24, 2.45) is 0 Å². The molecule has 1 aliphatic rings. The molecular weight excluding hydrogens is 288 g/mol. The predicted octanol–water partition coefficient (Wildman–Crippen LogP) is 1.26. The highest BCUT2D eigenvalue weighted by atomic mass is 79.9. The van der Waals surface area contributed by atoms with Crippen LogP contribution in [0.25, 0.3) is 0 Å². The van der Waals surface area contributed by atoms with Crippen LogP contribution in [-0.4, -0.2) is 22.3 Å². The van der Waals surface area contributed by atoms with Crippen LogP contribution in [0, 0.1) is 0 Å². The summed E-state index contributed by atoms with van der Waals surface area (Å²) in [6.45, 7) is 1.27. The molecule has 0 aliphatic carbocycles. The van der Waals surface area contributed by atoms with Crippen molar-refractivity contribution >= 4 is 15.9 Å². The number of halogens is 1. The van der Waals surface area contributed by atoms with E-state index in [9.17, 15) is 9.59 Å². The molecule has 17 heavy (non-hydrogen) atoms. The Labute approximate surface area is 107 Å². The fraction of sp³-hybridized carbons (Fsp3) is 0.636. The van der Waals surface area contributed by atoms with Crippen LogP contribution in [0.1, 0.15) is 25.7 Å². The van der Waals surface area contributed by atoms with Crippen molar-refractivity contribution in [1.29, 1.82) is 0 Å². The van der Waals surface area contributed by atoms with E-state index in [0.717, 1.165) is 32.3 Å². The molecule has 1 saturated heterocycles. The SMILES string of the molecule is O=c1[nH]cc(Br)c(=O)n1CCCC1CCCO1. The summed E-state index contributed by atoms with van der Waals surface area (Å²) >= 11 is 3.11. The van der Waals surface area contributed by atoms with Crippen molar-refractivity contribution in [2.75, 3.05) is 6.61 Å². The third-order valence-electron chi connectivity index (χ3n) is 2.95. The van der Waals surface area contributed by atoms with Crippen molar-refractivity contribution in [3.8, 4) is 0 Å². The molecule has 0 bridgehead atoms. The van der Waals surface area contributed by atoms with E-state index < -0.39 is 0 Å². The lowest BCUT2D eigenvalue weighted by molar-refractivity contribution is 0.101. The Kier molecular flexibility index (Phi) is 4.17. The maximum atomic E-state index is 11.7. The van der Waals surface area contributed by atoms with E-state index in [2.05, 4.69) is 20.9 Å². The van der Waals surface area contributed by atoms with Crippen molar-refractivity contribution in [3.63, 3.8) is 0 Å². The number of aromatic amines is 1. The maximum Gasteiger partial charge on any atom is 0.328 e. The van der Waals surface area contributed by atoms with Crippen molar-refractivity contribution < 1.29 is 4.74 Å². The summed E-state index contributed by atoms with van der Waals surface area (Å²) in [5, 5.41) is 0. The van der Waals surface area contributed by atoms with Crippen LogP contribution >= 0.6 is 15.9 Å². The molecule has 0 saturated carbocycles. The Bertz CT molecular complexity index is 488. The minimum atomic E-state index is -0.356. The van der Waals surface area contributed by atoms with E-state index in [4.69, 9.17) is 4.74 Å². The fourth-order valence-electron chi connectivity index (χ4n) is 2.04. The van der Waals surface area contributed by atoms with Crippen LogP contribution in [0.4, 0.5) is 0 Å². The molecule has 5 nitrogen and oxygen atoms in total. The molecule has 1 unspecified atom stereocenters. The van der Waals surface area contributed by atoms with Crippen LogP contribution < -0.4 is 11.2 Å². The summed E-state index contributed by atoms with van der Waals surface area (Å²) in [5.74, 6) is 0. The number of hydrogen-bond donors (Lipinski definition) is 1. The molecule has 0 aromatic carbocycles. The van der Waals surface area contributed by atoms with Gasteiger partial charge in [-0.2, -0.15) is 0 Å². The van der Waals surface area contributed by atoms with E-state index in [1.165, 1.54) is 10.8 Å². The summed E-state index contributed by atoms with van der Waals surface area (Å²) in [6.07, 6.45) is 5.56. The minimum Gasteiger partial charge on any atom is -0.378 e. The van der Waals surface area contributed by atoms with E-state index >= 15 is 0 Å². The Morgan fingerprint density at radius 2 is 2.35 bits per heavy atom. The maximum absolute atomic E-state index is 11.7. The number of ether oxygens (including phenoxy) is 1. The van der Waals surface area contributed by atoms with Gasteiger partial charge in [-0.3, -0.25) is 9.36 Å². The molecule has 2 rings (SSSR count). The van der Waals surface area contributed by atoms with Gasteiger partial charge in [-0.1, -0.05) is 0 Å². The largest absolute Gasteiger partial charge is 0.378 e. The number of nitrogens with zero attached hydrogens (tertiary/aromatic N) is 1. The average molecular weight is 303 g/mol. The summed E-state index contributed by atoms with van der Waals surface area (Å²) in [7, 11) is 0. The highest BCUT2D eigenvalue weighted by molar-refractivity contribution is 9.10. The Morgan fingerprint density at radius 1 is 1.53 bits per heavy atom. The van der Waals surface area contributed by atoms with Crippen LogP contribution in [-0.2, 0) is 11.3 Å². The third-order valence-corrected chi connectivity index (χ3v) is 3.52. The highest BCUT2D eigenvalue weighted by Crippen LogP contribution is 2.16. The number of hydrogen-bond acceptors (Lipinski definition) is 3. The molecule has 0 radical (unpaired) electrons. The zero-order chi connectivity index (χ0) is 12.3. The normalized spacial score (nSPS) is 19.7. The van der Waals surface area contributed by atoms with E-state index in [1.807, 2.05) is 0 Å². The lowest BCUT2D eigenvalue weighted by Gasteiger charge is -2.09. The minimum absolute atomic E-state index is 0.277. The van der Waals surface area contributed by atoms with E-state index in [1.54, 1.807) is 0 Å². The molecule has 94 valence electrons.